The number of aryl methyl sites for hydroxylation is 1. The Hall–Kier alpha value is -1.02. The second kappa shape index (κ2) is 8.31. The van der Waals surface area contributed by atoms with Crippen LogP contribution in [0.4, 0.5) is 0 Å². The van der Waals surface area contributed by atoms with Gasteiger partial charge < -0.3 is 10.1 Å². The molecule has 1 aliphatic carbocycles. The Labute approximate surface area is 123 Å². The topological polar surface area (TPSA) is 21.3 Å². The molecule has 112 valence electrons. The Bertz CT molecular complexity index is 366. The van der Waals surface area contributed by atoms with Crippen molar-refractivity contribution in [3.05, 3.63) is 29.8 Å². The highest BCUT2D eigenvalue weighted by molar-refractivity contribution is 5.26. The van der Waals surface area contributed by atoms with Crippen LogP contribution >= 0.6 is 0 Å². The number of benzene rings is 1. The van der Waals surface area contributed by atoms with Crippen LogP contribution in [0.2, 0.25) is 0 Å². The van der Waals surface area contributed by atoms with Crippen molar-refractivity contribution < 1.29 is 4.74 Å². The molecule has 0 heterocycles. The van der Waals surface area contributed by atoms with E-state index in [4.69, 9.17) is 4.74 Å². The van der Waals surface area contributed by atoms with E-state index >= 15 is 0 Å². The Morgan fingerprint density at radius 2 is 1.65 bits per heavy atom. The van der Waals surface area contributed by atoms with E-state index in [0.717, 1.165) is 12.4 Å². The van der Waals surface area contributed by atoms with Crippen molar-refractivity contribution >= 4 is 0 Å². The van der Waals surface area contributed by atoms with Gasteiger partial charge in [-0.25, -0.2) is 0 Å². The summed E-state index contributed by atoms with van der Waals surface area (Å²) in [5.41, 5.74) is 1.28. The Morgan fingerprint density at radius 3 is 2.30 bits per heavy atom. The molecule has 0 bridgehead atoms. The summed E-state index contributed by atoms with van der Waals surface area (Å²) in [6.07, 6.45) is 9.66. The van der Waals surface area contributed by atoms with Crippen molar-refractivity contribution in [2.24, 2.45) is 0 Å². The van der Waals surface area contributed by atoms with Gasteiger partial charge in [-0.15, -0.1) is 0 Å². The Balaban J connectivity index is 1.71. The third-order valence-electron chi connectivity index (χ3n) is 4.15. The van der Waals surface area contributed by atoms with Gasteiger partial charge in [0.2, 0.25) is 0 Å². The fourth-order valence-electron chi connectivity index (χ4n) is 2.93. The monoisotopic (exact) mass is 275 g/mol. The summed E-state index contributed by atoms with van der Waals surface area (Å²) in [6, 6.07) is 9.41. The van der Waals surface area contributed by atoms with Crippen LogP contribution in [0.1, 0.15) is 57.4 Å². The van der Waals surface area contributed by atoms with Gasteiger partial charge in [-0.3, -0.25) is 0 Å². The summed E-state index contributed by atoms with van der Waals surface area (Å²) in [7, 11) is 0. The highest BCUT2D eigenvalue weighted by Crippen LogP contribution is 2.18. The quantitative estimate of drug-likeness (QED) is 0.856. The van der Waals surface area contributed by atoms with E-state index in [1.165, 1.54) is 50.5 Å². The first-order valence-electron chi connectivity index (χ1n) is 8.19. The lowest BCUT2D eigenvalue weighted by Crippen LogP contribution is -2.40. The van der Waals surface area contributed by atoms with E-state index < -0.39 is 0 Å². The third-order valence-corrected chi connectivity index (χ3v) is 4.15. The maximum atomic E-state index is 5.86. The normalized spacial score (nSPS) is 19.1. The molecule has 2 heteroatoms. The van der Waals surface area contributed by atoms with Crippen molar-refractivity contribution in [3.63, 3.8) is 0 Å². The van der Waals surface area contributed by atoms with Crippen LogP contribution in [0.15, 0.2) is 24.3 Å². The number of rotatable bonds is 5. The first-order valence-corrected chi connectivity index (χ1v) is 8.19. The largest absolute Gasteiger partial charge is 0.492 e. The van der Waals surface area contributed by atoms with Gasteiger partial charge in [0.1, 0.15) is 12.4 Å². The zero-order chi connectivity index (χ0) is 14.2. The third kappa shape index (κ3) is 5.54. The van der Waals surface area contributed by atoms with E-state index in [9.17, 15) is 0 Å². The van der Waals surface area contributed by atoms with Crippen molar-refractivity contribution in [2.45, 2.75) is 70.9 Å². The molecule has 0 aliphatic heterocycles. The smallest absolute Gasteiger partial charge is 0.119 e. The first-order chi connectivity index (χ1) is 9.74. The summed E-state index contributed by atoms with van der Waals surface area (Å²) in [4.78, 5) is 0. The van der Waals surface area contributed by atoms with Crippen molar-refractivity contribution in [1.29, 1.82) is 0 Å². The van der Waals surface area contributed by atoms with E-state index in [2.05, 4.69) is 43.4 Å². The second-order valence-electron chi connectivity index (χ2n) is 6.23. The summed E-state index contributed by atoms with van der Waals surface area (Å²) in [5, 5.41) is 3.74. The van der Waals surface area contributed by atoms with E-state index in [1.807, 2.05) is 0 Å². The van der Waals surface area contributed by atoms with Crippen LogP contribution in [0.5, 0.6) is 5.75 Å². The molecular formula is C18H29NO. The van der Waals surface area contributed by atoms with E-state index in [-0.39, 0.29) is 0 Å². The first kappa shape index (κ1) is 15.4. The maximum Gasteiger partial charge on any atom is 0.119 e. The van der Waals surface area contributed by atoms with Crippen LogP contribution in [-0.2, 0) is 0 Å². The number of nitrogens with one attached hydrogen (secondary N) is 1. The molecule has 1 saturated carbocycles. The summed E-state index contributed by atoms with van der Waals surface area (Å²) >= 11 is 0. The minimum absolute atomic E-state index is 0.417. The lowest BCUT2D eigenvalue weighted by atomic mass is 9.96. The molecule has 0 amide bonds. The van der Waals surface area contributed by atoms with Crippen LogP contribution in [0, 0.1) is 6.92 Å². The SMILES string of the molecule is Cc1ccc(OCC(C)NC2CCCCCCC2)cc1. The Kier molecular flexibility index (Phi) is 6.38. The van der Waals surface area contributed by atoms with Crippen LogP contribution in [-0.4, -0.2) is 18.7 Å². The van der Waals surface area contributed by atoms with E-state index in [0.29, 0.717) is 12.1 Å². The van der Waals surface area contributed by atoms with Crippen molar-refractivity contribution in [1.82, 2.24) is 5.32 Å². The van der Waals surface area contributed by atoms with Crippen LogP contribution < -0.4 is 10.1 Å². The molecule has 1 unspecified atom stereocenters. The molecule has 1 aliphatic rings. The molecule has 2 rings (SSSR count). The lowest BCUT2D eigenvalue weighted by Gasteiger charge is -2.25. The van der Waals surface area contributed by atoms with Crippen LogP contribution in [0.25, 0.3) is 0 Å². The molecule has 0 saturated heterocycles. The minimum Gasteiger partial charge on any atom is -0.492 e. The fourth-order valence-corrected chi connectivity index (χ4v) is 2.93. The predicted molar refractivity (Wildman–Crippen MR) is 85.4 cm³/mol. The molecule has 1 aromatic rings. The summed E-state index contributed by atoms with van der Waals surface area (Å²) < 4.78 is 5.86. The molecule has 1 fully saturated rings. The molecule has 2 nitrogen and oxygen atoms in total. The predicted octanol–water partition coefficient (Wildman–Crippen LogP) is 4.46. The average Bonchev–Trinajstić information content (AvgIpc) is 2.41. The van der Waals surface area contributed by atoms with Gasteiger partial charge in [-0.1, -0.05) is 49.8 Å². The van der Waals surface area contributed by atoms with Gasteiger partial charge >= 0.3 is 0 Å². The molecular weight excluding hydrogens is 246 g/mol. The van der Waals surface area contributed by atoms with Crippen molar-refractivity contribution in [2.75, 3.05) is 6.61 Å². The van der Waals surface area contributed by atoms with Gasteiger partial charge in [-0.2, -0.15) is 0 Å². The average molecular weight is 275 g/mol. The molecule has 20 heavy (non-hydrogen) atoms. The highest BCUT2D eigenvalue weighted by Gasteiger charge is 2.14. The number of ether oxygens (including phenoxy) is 1. The summed E-state index contributed by atoms with van der Waals surface area (Å²) in [5.74, 6) is 0.974. The van der Waals surface area contributed by atoms with Crippen LogP contribution in [0.3, 0.4) is 0 Å². The Morgan fingerprint density at radius 1 is 1.05 bits per heavy atom. The van der Waals surface area contributed by atoms with Gasteiger partial charge in [0, 0.05) is 12.1 Å². The molecule has 0 aromatic heterocycles. The van der Waals surface area contributed by atoms with Gasteiger partial charge in [-0.05, 0) is 38.8 Å². The van der Waals surface area contributed by atoms with Gasteiger partial charge in [0.25, 0.3) is 0 Å². The molecule has 1 N–H and O–H groups in total. The van der Waals surface area contributed by atoms with Crippen molar-refractivity contribution in [3.8, 4) is 5.75 Å². The molecule has 1 atom stereocenters. The van der Waals surface area contributed by atoms with Gasteiger partial charge in [0.05, 0.1) is 0 Å². The molecule has 0 radical (unpaired) electrons. The molecule has 1 aromatic carbocycles. The lowest BCUT2D eigenvalue weighted by molar-refractivity contribution is 0.249. The number of hydrogen-bond donors (Lipinski definition) is 1. The minimum atomic E-state index is 0.417. The fraction of sp³-hybridized carbons (Fsp3) is 0.667. The highest BCUT2D eigenvalue weighted by atomic mass is 16.5. The van der Waals surface area contributed by atoms with E-state index in [1.54, 1.807) is 0 Å². The van der Waals surface area contributed by atoms with Gasteiger partial charge in [0.15, 0.2) is 0 Å². The standard InChI is InChI=1S/C18H29NO/c1-15-10-12-18(13-11-15)20-14-16(2)19-17-8-6-4-3-5-7-9-17/h10-13,16-17,19H,3-9,14H2,1-2H3. The zero-order valence-corrected chi connectivity index (χ0v) is 13.0. The maximum absolute atomic E-state index is 5.86. The second-order valence-corrected chi connectivity index (χ2v) is 6.23. The summed E-state index contributed by atoms with van der Waals surface area (Å²) in [6.45, 7) is 5.08. The molecule has 0 spiro atoms. The zero-order valence-electron chi connectivity index (χ0n) is 13.0. The number of hydrogen-bond acceptors (Lipinski definition) is 2.